The van der Waals surface area contributed by atoms with Gasteiger partial charge < -0.3 is 16.0 Å². The van der Waals surface area contributed by atoms with Crippen molar-refractivity contribution in [2.45, 2.75) is 20.4 Å². The van der Waals surface area contributed by atoms with Crippen molar-refractivity contribution < 1.29 is 18.4 Å². The number of halogens is 3. The molecule has 0 radical (unpaired) electrons. The van der Waals surface area contributed by atoms with E-state index in [-0.39, 0.29) is 31.1 Å². The third-order valence-electron chi connectivity index (χ3n) is 5.16. The van der Waals surface area contributed by atoms with Crippen LogP contribution in [-0.2, 0) is 6.54 Å². The van der Waals surface area contributed by atoms with Crippen LogP contribution in [0.4, 0.5) is 14.5 Å². The highest BCUT2D eigenvalue weighted by Gasteiger charge is 2.26. The molecule has 0 bridgehead atoms. The molecule has 2 amide bonds. The van der Waals surface area contributed by atoms with E-state index in [2.05, 4.69) is 10.3 Å². The van der Waals surface area contributed by atoms with Gasteiger partial charge in [-0.2, -0.15) is 0 Å². The van der Waals surface area contributed by atoms with E-state index in [1.165, 1.54) is 11.1 Å². The fourth-order valence-electron chi connectivity index (χ4n) is 3.32. The Morgan fingerprint density at radius 2 is 1.79 bits per heavy atom. The molecule has 6 nitrogen and oxygen atoms in total. The maximum absolute atomic E-state index is 13.8. The lowest BCUT2D eigenvalue weighted by atomic mass is 9.92. The molecule has 0 saturated carbocycles. The number of nitrogens with zero attached hydrogens (tertiary/aromatic N) is 2. The molecule has 0 fully saturated rings. The number of rotatable bonds is 8. The Morgan fingerprint density at radius 1 is 1.09 bits per heavy atom. The van der Waals surface area contributed by atoms with Crippen LogP contribution in [0.15, 0.2) is 60.9 Å². The van der Waals surface area contributed by atoms with Crippen molar-refractivity contribution >= 4 is 29.1 Å². The van der Waals surface area contributed by atoms with Crippen molar-refractivity contribution in [3.63, 3.8) is 0 Å². The molecule has 0 atom stereocenters. The summed E-state index contributed by atoms with van der Waals surface area (Å²) in [6, 6.07) is 10.9. The average Bonchev–Trinajstić information content (AvgIpc) is 2.80. The molecule has 3 N–H and O–H groups in total. The van der Waals surface area contributed by atoms with Crippen LogP contribution in [0.2, 0.25) is 5.02 Å². The molecular weight excluding hydrogens is 462 g/mol. The zero-order valence-corrected chi connectivity index (χ0v) is 19.6. The third kappa shape index (κ3) is 6.59. The van der Waals surface area contributed by atoms with Crippen LogP contribution in [0.3, 0.4) is 0 Å². The van der Waals surface area contributed by atoms with E-state index in [0.717, 1.165) is 12.1 Å². The minimum absolute atomic E-state index is 0.0375. The van der Waals surface area contributed by atoms with Crippen molar-refractivity contribution in [2.24, 2.45) is 11.1 Å². The van der Waals surface area contributed by atoms with E-state index in [1.807, 2.05) is 13.8 Å². The molecule has 0 aliphatic rings. The topological polar surface area (TPSA) is 88.3 Å². The van der Waals surface area contributed by atoms with Gasteiger partial charge in [0.25, 0.3) is 11.8 Å². The van der Waals surface area contributed by atoms with Gasteiger partial charge in [-0.15, -0.1) is 0 Å². The van der Waals surface area contributed by atoms with Gasteiger partial charge in [-0.05, 0) is 60.0 Å². The Hall–Kier alpha value is -3.36. The van der Waals surface area contributed by atoms with E-state index in [0.29, 0.717) is 27.9 Å². The van der Waals surface area contributed by atoms with Gasteiger partial charge in [-0.1, -0.05) is 25.4 Å². The van der Waals surface area contributed by atoms with Gasteiger partial charge in [0.2, 0.25) is 0 Å². The number of amides is 2. The molecular formula is C25H25ClF2N4O2. The highest BCUT2D eigenvalue weighted by Crippen LogP contribution is 2.26. The number of pyridine rings is 1. The Morgan fingerprint density at radius 3 is 2.41 bits per heavy atom. The lowest BCUT2D eigenvalue weighted by Crippen LogP contribution is -2.41. The van der Waals surface area contributed by atoms with Gasteiger partial charge >= 0.3 is 0 Å². The number of benzene rings is 2. The highest BCUT2D eigenvalue weighted by atomic mass is 35.5. The molecule has 3 rings (SSSR count). The summed E-state index contributed by atoms with van der Waals surface area (Å²) in [7, 11) is 0. The van der Waals surface area contributed by atoms with Crippen LogP contribution in [0.25, 0.3) is 0 Å². The van der Waals surface area contributed by atoms with Crippen LogP contribution >= 0.6 is 11.6 Å². The SMILES string of the molecule is CC(C)(CN)CN(Cc1cc(NC(=O)c2cccnc2)ccc1Cl)C(=O)c1cc(F)cc(F)c1. The summed E-state index contributed by atoms with van der Waals surface area (Å²) in [4.78, 5) is 31.1. The maximum Gasteiger partial charge on any atom is 0.257 e. The second-order valence-corrected chi connectivity index (χ2v) is 9.10. The van der Waals surface area contributed by atoms with Gasteiger partial charge in [0.15, 0.2) is 0 Å². The molecule has 0 aliphatic carbocycles. The Labute approximate surface area is 201 Å². The molecule has 0 aliphatic heterocycles. The smallest absolute Gasteiger partial charge is 0.257 e. The summed E-state index contributed by atoms with van der Waals surface area (Å²) in [6.45, 7) is 4.29. The molecule has 178 valence electrons. The number of hydrogen-bond donors (Lipinski definition) is 2. The van der Waals surface area contributed by atoms with Crippen LogP contribution in [0.5, 0.6) is 0 Å². The molecule has 1 heterocycles. The zero-order chi connectivity index (χ0) is 24.9. The summed E-state index contributed by atoms with van der Waals surface area (Å²) in [5, 5.41) is 3.14. The molecule has 2 aromatic carbocycles. The largest absolute Gasteiger partial charge is 0.334 e. The standard InChI is InChI=1S/C25H25ClF2N4O2/c1-25(2,14-29)15-32(24(34)17-8-19(27)11-20(28)9-17)13-18-10-21(5-6-22(18)26)31-23(33)16-4-3-7-30-12-16/h3-12H,13-15,29H2,1-2H3,(H,31,33). The quantitative estimate of drug-likeness (QED) is 0.474. The van der Waals surface area contributed by atoms with Crippen molar-refractivity contribution in [1.82, 2.24) is 9.88 Å². The van der Waals surface area contributed by atoms with Crippen LogP contribution < -0.4 is 11.1 Å². The number of anilines is 1. The molecule has 34 heavy (non-hydrogen) atoms. The molecule has 9 heteroatoms. The molecule has 0 unspecified atom stereocenters. The number of carbonyl (C=O) groups excluding carboxylic acids is 2. The molecule has 3 aromatic rings. The summed E-state index contributed by atoms with van der Waals surface area (Å²) < 4.78 is 27.5. The lowest BCUT2D eigenvalue weighted by molar-refractivity contribution is 0.0672. The summed E-state index contributed by atoms with van der Waals surface area (Å²) in [5.74, 6) is -2.62. The average molecular weight is 487 g/mol. The van der Waals surface area contributed by atoms with Crippen LogP contribution in [-0.4, -0.2) is 34.8 Å². The summed E-state index contributed by atoms with van der Waals surface area (Å²) in [5.41, 5.74) is 6.66. The monoisotopic (exact) mass is 486 g/mol. The maximum atomic E-state index is 13.8. The van der Waals surface area contributed by atoms with Gasteiger partial charge in [-0.3, -0.25) is 14.6 Å². The number of carbonyl (C=O) groups is 2. The van der Waals surface area contributed by atoms with E-state index in [4.69, 9.17) is 17.3 Å². The first-order valence-corrected chi connectivity index (χ1v) is 10.9. The van der Waals surface area contributed by atoms with Crippen molar-refractivity contribution in [1.29, 1.82) is 0 Å². The van der Waals surface area contributed by atoms with Crippen molar-refractivity contribution in [3.05, 3.63) is 94.3 Å². The van der Waals surface area contributed by atoms with E-state index in [1.54, 1.807) is 36.5 Å². The number of aromatic nitrogens is 1. The van der Waals surface area contributed by atoms with Gasteiger partial charge in [0.05, 0.1) is 5.56 Å². The molecule has 0 saturated heterocycles. The van der Waals surface area contributed by atoms with Gasteiger partial charge in [0.1, 0.15) is 11.6 Å². The predicted octanol–water partition coefficient (Wildman–Crippen LogP) is 4.89. The third-order valence-corrected chi connectivity index (χ3v) is 5.53. The van der Waals surface area contributed by atoms with Gasteiger partial charge in [-0.25, -0.2) is 8.78 Å². The van der Waals surface area contributed by atoms with Crippen LogP contribution in [0, 0.1) is 17.0 Å². The normalized spacial score (nSPS) is 11.2. The number of nitrogens with one attached hydrogen (secondary N) is 1. The van der Waals surface area contributed by atoms with E-state index >= 15 is 0 Å². The van der Waals surface area contributed by atoms with Gasteiger partial charge in [0, 0.05) is 47.8 Å². The molecule has 1 aromatic heterocycles. The Bertz CT molecular complexity index is 1170. The Kier molecular flexibility index (Phi) is 7.96. The number of hydrogen-bond acceptors (Lipinski definition) is 4. The summed E-state index contributed by atoms with van der Waals surface area (Å²) >= 11 is 6.39. The second kappa shape index (κ2) is 10.7. The molecule has 0 spiro atoms. The van der Waals surface area contributed by atoms with E-state index in [9.17, 15) is 18.4 Å². The fourth-order valence-corrected chi connectivity index (χ4v) is 3.50. The Balaban J connectivity index is 1.90. The first kappa shape index (κ1) is 25.3. The number of nitrogens with two attached hydrogens (primary N) is 1. The van der Waals surface area contributed by atoms with Crippen molar-refractivity contribution in [2.75, 3.05) is 18.4 Å². The predicted molar refractivity (Wildman–Crippen MR) is 128 cm³/mol. The highest BCUT2D eigenvalue weighted by molar-refractivity contribution is 6.31. The van der Waals surface area contributed by atoms with Crippen molar-refractivity contribution in [3.8, 4) is 0 Å². The fraction of sp³-hybridized carbons (Fsp3) is 0.240. The minimum atomic E-state index is -0.848. The minimum Gasteiger partial charge on any atom is -0.334 e. The first-order valence-electron chi connectivity index (χ1n) is 10.5. The van der Waals surface area contributed by atoms with Crippen LogP contribution in [0.1, 0.15) is 40.1 Å². The lowest BCUT2D eigenvalue weighted by Gasteiger charge is -2.32. The first-order chi connectivity index (χ1) is 16.1. The van der Waals surface area contributed by atoms with E-state index < -0.39 is 23.0 Å². The zero-order valence-electron chi connectivity index (χ0n) is 18.8. The summed E-state index contributed by atoms with van der Waals surface area (Å²) in [6.07, 6.45) is 3.01. The second-order valence-electron chi connectivity index (χ2n) is 8.69.